The van der Waals surface area contributed by atoms with Crippen molar-refractivity contribution in [2.75, 3.05) is 26.4 Å². The molecular formula is C13H12Cl2N2O3. The fourth-order valence-electron chi connectivity index (χ4n) is 2.16. The predicted molar refractivity (Wildman–Crippen MR) is 73.8 cm³/mol. The summed E-state index contributed by atoms with van der Waals surface area (Å²) in [5.74, 6) is -0.305. The first kappa shape index (κ1) is 15.1. The third kappa shape index (κ3) is 2.74. The summed E-state index contributed by atoms with van der Waals surface area (Å²) >= 11 is 12.0. The molecule has 0 spiro atoms. The van der Waals surface area contributed by atoms with Crippen molar-refractivity contribution < 1.29 is 14.6 Å². The molecular weight excluding hydrogens is 303 g/mol. The lowest BCUT2D eigenvalue weighted by molar-refractivity contribution is 0.0558. The topological polar surface area (TPSA) is 73.6 Å². The average Bonchev–Trinajstić information content (AvgIpc) is 2.67. The van der Waals surface area contributed by atoms with Crippen LogP contribution in [0.5, 0.6) is 0 Å². The number of rotatable bonds is 5. The zero-order valence-electron chi connectivity index (χ0n) is 10.5. The Bertz CT molecular complexity index is 571. The van der Waals surface area contributed by atoms with E-state index in [9.17, 15) is 10.1 Å². The molecule has 0 aromatic heterocycles. The van der Waals surface area contributed by atoms with Crippen molar-refractivity contribution in [3.63, 3.8) is 0 Å². The molecule has 1 aromatic rings. The molecule has 1 unspecified atom stereocenters. The summed E-state index contributed by atoms with van der Waals surface area (Å²) in [5, 5.41) is 18.5. The number of fused-ring (bicyclic) bond motifs is 1. The molecule has 1 heterocycles. The van der Waals surface area contributed by atoms with Crippen LogP contribution in [0.3, 0.4) is 0 Å². The van der Waals surface area contributed by atoms with Gasteiger partial charge in [0, 0.05) is 17.1 Å². The highest BCUT2D eigenvalue weighted by Crippen LogP contribution is 2.38. The molecule has 0 saturated heterocycles. The third-order valence-corrected chi connectivity index (χ3v) is 3.52. The minimum absolute atomic E-state index is 0.0860. The molecule has 106 valence electrons. The lowest BCUT2D eigenvalue weighted by Gasteiger charge is -2.19. The molecule has 1 N–H and O–H groups in total. The van der Waals surface area contributed by atoms with Crippen LogP contribution in [0, 0.1) is 11.3 Å². The Morgan fingerprint density at radius 2 is 2.15 bits per heavy atom. The van der Waals surface area contributed by atoms with Gasteiger partial charge in [0.25, 0.3) is 5.91 Å². The van der Waals surface area contributed by atoms with E-state index < -0.39 is 6.04 Å². The third-order valence-electron chi connectivity index (χ3n) is 3.00. The van der Waals surface area contributed by atoms with Gasteiger partial charge in [0.2, 0.25) is 0 Å². The number of aliphatic hydroxyl groups is 1. The molecule has 0 saturated carbocycles. The van der Waals surface area contributed by atoms with Crippen molar-refractivity contribution in [3.8, 4) is 6.07 Å². The second kappa shape index (κ2) is 6.42. The first-order chi connectivity index (χ1) is 9.60. The number of nitriles is 1. The minimum Gasteiger partial charge on any atom is -0.394 e. The molecule has 1 aromatic carbocycles. The van der Waals surface area contributed by atoms with Gasteiger partial charge in [-0.3, -0.25) is 4.79 Å². The van der Waals surface area contributed by atoms with Crippen molar-refractivity contribution in [1.29, 1.82) is 5.26 Å². The predicted octanol–water partition coefficient (Wildman–Crippen LogP) is 2.02. The first-order valence-corrected chi connectivity index (χ1v) is 6.74. The Morgan fingerprint density at radius 1 is 1.40 bits per heavy atom. The first-order valence-electron chi connectivity index (χ1n) is 5.98. The maximum Gasteiger partial charge on any atom is 0.257 e. The van der Waals surface area contributed by atoms with Gasteiger partial charge in [0.15, 0.2) is 0 Å². The number of ether oxygens (including phenoxy) is 1. The summed E-state index contributed by atoms with van der Waals surface area (Å²) < 4.78 is 5.13. The van der Waals surface area contributed by atoms with Crippen molar-refractivity contribution >= 4 is 29.1 Å². The van der Waals surface area contributed by atoms with Gasteiger partial charge in [-0.15, -0.1) is 0 Å². The van der Waals surface area contributed by atoms with E-state index in [-0.39, 0.29) is 37.3 Å². The lowest BCUT2D eigenvalue weighted by Crippen LogP contribution is -2.31. The molecule has 0 aliphatic carbocycles. The van der Waals surface area contributed by atoms with Gasteiger partial charge in [0.1, 0.15) is 6.04 Å². The number of hydrogen-bond acceptors (Lipinski definition) is 4. The highest BCUT2D eigenvalue weighted by atomic mass is 35.5. The molecule has 2 rings (SSSR count). The number of aliphatic hydroxyl groups excluding tert-OH is 1. The Labute approximate surface area is 126 Å². The molecule has 5 nitrogen and oxygen atoms in total. The van der Waals surface area contributed by atoms with Gasteiger partial charge in [-0.2, -0.15) is 5.26 Å². The summed E-state index contributed by atoms with van der Waals surface area (Å²) in [6.07, 6.45) is 0. The number of hydrogen-bond donors (Lipinski definition) is 1. The van der Waals surface area contributed by atoms with Gasteiger partial charge < -0.3 is 14.7 Å². The molecule has 20 heavy (non-hydrogen) atoms. The molecule has 1 aliphatic rings. The normalized spacial score (nSPS) is 17.2. The van der Waals surface area contributed by atoms with Crippen LogP contribution in [0.15, 0.2) is 12.1 Å². The smallest absolute Gasteiger partial charge is 0.257 e. The van der Waals surface area contributed by atoms with Crippen molar-refractivity contribution in [2.24, 2.45) is 0 Å². The highest BCUT2D eigenvalue weighted by molar-refractivity contribution is 6.37. The second-order valence-electron chi connectivity index (χ2n) is 4.22. The number of nitrogens with zero attached hydrogens (tertiary/aromatic N) is 2. The summed E-state index contributed by atoms with van der Waals surface area (Å²) in [6.45, 7) is 0.597. The largest absolute Gasteiger partial charge is 0.394 e. The van der Waals surface area contributed by atoms with E-state index in [0.29, 0.717) is 16.1 Å². The second-order valence-corrected chi connectivity index (χ2v) is 5.06. The van der Waals surface area contributed by atoms with Crippen LogP contribution < -0.4 is 0 Å². The van der Waals surface area contributed by atoms with Gasteiger partial charge in [-0.05, 0) is 12.1 Å². The Morgan fingerprint density at radius 3 is 2.80 bits per heavy atom. The Hall–Kier alpha value is -1.32. The number of amides is 1. The highest BCUT2D eigenvalue weighted by Gasteiger charge is 2.38. The maximum atomic E-state index is 12.3. The zero-order chi connectivity index (χ0) is 14.7. The van der Waals surface area contributed by atoms with E-state index >= 15 is 0 Å². The summed E-state index contributed by atoms with van der Waals surface area (Å²) in [4.78, 5) is 13.7. The molecule has 7 heteroatoms. The van der Waals surface area contributed by atoms with Crippen LogP contribution in [-0.2, 0) is 4.74 Å². The molecule has 0 bridgehead atoms. The number of halogens is 2. The number of carbonyl (C=O) groups excluding carboxylic acids is 1. The molecule has 0 fully saturated rings. The average molecular weight is 315 g/mol. The lowest BCUT2D eigenvalue weighted by atomic mass is 10.1. The van der Waals surface area contributed by atoms with Crippen LogP contribution in [-0.4, -0.2) is 42.3 Å². The quantitative estimate of drug-likeness (QED) is 0.844. The van der Waals surface area contributed by atoms with Gasteiger partial charge in [0.05, 0.1) is 36.5 Å². The fourth-order valence-corrected chi connectivity index (χ4v) is 2.75. The molecule has 0 radical (unpaired) electrons. The van der Waals surface area contributed by atoms with E-state index in [4.69, 9.17) is 33.0 Å². The summed E-state index contributed by atoms with van der Waals surface area (Å²) in [6, 6.07) is 4.44. The molecule has 1 atom stereocenters. The van der Waals surface area contributed by atoms with Crippen molar-refractivity contribution in [3.05, 3.63) is 33.3 Å². The van der Waals surface area contributed by atoms with E-state index in [1.165, 1.54) is 11.0 Å². The number of carbonyl (C=O) groups is 1. The minimum atomic E-state index is -0.716. The standard InChI is InChI=1S/C13H12Cl2N2O3/c14-8-5-9-11(7-16)17(1-3-20-4-2-18)13(19)12(9)10(15)6-8/h5-6,11,18H,1-4H2. The number of benzene rings is 1. The van der Waals surface area contributed by atoms with Gasteiger partial charge in [-0.1, -0.05) is 23.2 Å². The van der Waals surface area contributed by atoms with Crippen molar-refractivity contribution in [1.82, 2.24) is 4.90 Å². The summed E-state index contributed by atoms with van der Waals surface area (Å²) in [5.41, 5.74) is 0.849. The Kier molecular flexibility index (Phi) is 4.84. The fraction of sp³-hybridized carbons (Fsp3) is 0.385. The van der Waals surface area contributed by atoms with E-state index in [0.717, 1.165) is 0 Å². The monoisotopic (exact) mass is 314 g/mol. The maximum absolute atomic E-state index is 12.3. The van der Waals surface area contributed by atoms with E-state index in [2.05, 4.69) is 6.07 Å². The van der Waals surface area contributed by atoms with Crippen molar-refractivity contribution in [2.45, 2.75) is 6.04 Å². The van der Waals surface area contributed by atoms with Crippen LogP contribution in [0.4, 0.5) is 0 Å². The SMILES string of the molecule is N#CC1c2cc(Cl)cc(Cl)c2C(=O)N1CCOCCO. The van der Waals surface area contributed by atoms with Crippen LogP contribution in [0.25, 0.3) is 0 Å². The van der Waals surface area contributed by atoms with Crippen LogP contribution >= 0.6 is 23.2 Å². The Balaban J connectivity index is 2.24. The summed E-state index contributed by atoms with van der Waals surface area (Å²) in [7, 11) is 0. The van der Waals surface area contributed by atoms with Gasteiger partial charge >= 0.3 is 0 Å². The zero-order valence-corrected chi connectivity index (χ0v) is 12.0. The van der Waals surface area contributed by atoms with E-state index in [1.807, 2.05) is 0 Å². The van der Waals surface area contributed by atoms with Crippen LogP contribution in [0.1, 0.15) is 22.0 Å². The van der Waals surface area contributed by atoms with Gasteiger partial charge in [-0.25, -0.2) is 0 Å². The molecule has 1 aliphatic heterocycles. The van der Waals surface area contributed by atoms with Crippen LogP contribution in [0.2, 0.25) is 10.0 Å². The van der Waals surface area contributed by atoms with E-state index in [1.54, 1.807) is 6.07 Å². The molecule has 1 amide bonds.